The van der Waals surface area contributed by atoms with Crippen LogP contribution < -0.4 is 0 Å². The van der Waals surface area contributed by atoms with Crippen LogP contribution in [0.1, 0.15) is 10.4 Å². The Bertz CT molecular complexity index is 712. The highest BCUT2D eigenvalue weighted by Gasteiger charge is 2.02. The second kappa shape index (κ2) is 5.51. The fraction of sp³-hybridized carbons (Fsp3) is 0.0625. The van der Waals surface area contributed by atoms with Gasteiger partial charge in [-0.25, -0.2) is 0 Å². The maximum Gasteiger partial charge on any atom is 0.107 e. The first-order valence-electron chi connectivity index (χ1n) is 6.13. The molecule has 0 bridgehead atoms. The first-order valence-corrected chi connectivity index (χ1v) is 7.42. The van der Waals surface area contributed by atoms with Gasteiger partial charge in [-0.3, -0.25) is 0 Å². The summed E-state index contributed by atoms with van der Waals surface area (Å²) in [4.78, 5) is 4.66. The van der Waals surface area contributed by atoms with Gasteiger partial charge in [-0.15, -0.1) is 11.3 Å². The van der Waals surface area contributed by atoms with Crippen molar-refractivity contribution >= 4 is 23.6 Å². The Morgan fingerprint density at radius 2 is 1.79 bits per heavy atom. The number of hydrogen-bond donors (Lipinski definition) is 1. The number of rotatable bonds is 3. The second-order valence-electron chi connectivity index (χ2n) is 4.35. The van der Waals surface area contributed by atoms with Crippen LogP contribution in [-0.2, 0) is 6.42 Å². The molecular weight excluding hydrogens is 270 g/mol. The Morgan fingerprint density at radius 1 is 0.947 bits per heavy atom. The van der Waals surface area contributed by atoms with Crippen LogP contribution in [-0.4, -0.2) is 4.98 Å². The molecule has 94 valence electrons. The number of nitrogens with one attached hydrogen (secondary N) is 1. The van der Waals surface area contributed by atoms with E-state index in [0.717, 1.165) is 22.3 Å². The zero-order valence-corrected chi connectivity index (χ0v) is 11.9. The number of aromatic amines is 1. The summed E-state index contributed by atoms with van der Waals surface area (Å²) in [5, 5.41) is 2.10. The van der Waals surface area contributed by atoms with E-state index >= 15 is 0 Å². The Balaban J connectivity index is 1.92. The summed E-state index contributed by atoms with van der Waals surface area (Å²) in [6.07, 6.45) is 0.905. The third-order valence-electron chi connectivity index (χ3n) is 3.02. The van der Waals surface area contributed by atoms with E-state index < -0.39 is 0 Å². The molecule has 0 atom stereocenters. The Labute approximate surface area is 121 Å². The predicted octanol–water partition coefficient (Wildman–Crippen LogP) is 5.06. The van der Waals surface area contributed by atoms with E-state index in [2.05, 4.69) is 46.8 Å². The van der Waals surface area contributed by atoms with Gasteiger partial charge in [-0.1, -0.05) is 54.7 Å². The molecule has 19 heavy (non-hydrogen) atoms. The Hall–Kier alpha value is -1.71. The fourth-order valence-electron chi connectivity index (χ4n) is 2.03. The van der Waals surface area contributed by atoms with Gasteiger partial charge >= 0.3 is 0 Å². The highest BCUT2D eigenvalue weighted by atomic mass is 32.1. The SMILES string of the molecule is S=c1[nH]c(-c2ccccc2)ccc1Cc1cccs1. The van der Waals surface area contributed by atoms with Crippen LogP contribution in [0.15, 0.2) is 60.0 Å². The van der Waals surface area contributed by atoms with Gasteiger partial charge in [0.05, 0.1) is 0 Å². The summed E-state index contributed by atoms with van der Waals surface area (Å²) < 4.78 is 0.828. The lowest BCUT2D eigenvalue weighted by atomic mass is 10.1. The van der Waals surface area contributed by atoms with Crippen molar-refractivity contribution < 1.29 is 0 Å². The van der Waals surface area contributed by atoms with Crippen LogP contribution in [0.3, 0.4) is 0 Å². The number of benzene rings is 1. The van der Waals surface area contributed by atoms with Crippen LogP contribution in [0.25, 0.3) is 11.3 Å². The first kappa shape index (κ1) is 12.3. The van der Waals surface area contributed by atoms with Crippen molar-refractivity contribution in [2.24, 2.45) is 0 Å². The number of H-pyrrole nitrogens is 1. The molecule has 0 spiro atoms. The minimum atomic E-state index is 0.828. The molecule has 0 aliphatic carbocycles. The van der Waals surface area contributed by atoms with Crippen LogP contribution in [0.5, 0.6) is 0 Å². The molecule has 0 aliphatic heterocycles. The minimum Gasteiger partial charge on any atom is -0.346 e. The zero-order valence-electron chi connectivity index (χ0n) is 10.3. The van der Waals surface area contributed by atoms with Gasteiger partial charge in [0.2, 0.25) is 0 Å². The summed E-state index contributed by atoms with van der Waals surface area (Å²) >= 11 is 7.23. The van der Waals surface area contributed by atoms with E-state index in [-0.39, 0.29) is 0 Å². The molecule has 0 fully saturated rings. The van der Waals surface area contributed by atoms with E-state index in [9.17, 15) is 0 Å². The summed E-state index contributed by atoms with van der Waals surface area (Å²) in [7, 11) is 0. The first-order chi connectivity index (χ1) is 9.33. The lowest BCUT2D eigenvalue weighted by Gasteiger charge is -2.05. The minimum absolute atomic E-state index is 0.828. The zero-order chi connectivity index (χ0) is 13.1. The van der Waals surface area contributed by atoms with Crippen LogP contribution in [0.2, 0.25) is 0 Å². The molecule has 0 unspecified atom stereocenters. The molecule has 2 heterocycles. The second-order valence-corrected chi connectivity index (χ2v) is 5.79. The van der Waals surface area contributed by atoms with Gasteiger partial charge in [-0.2, -0.15) is 0 Å². The van der Waals surface area contributed by atoms with Crippen LogP contribution in [0.4, 0.5) is 0 Å². The molecule has 3 aromatic rings. The van der Waals surface area contributed by atoms with E-state index in [0.29, 0.717) is 0 Å². The average Bonchev–Trinajstić information content (AvgIpc) is 2.95. The van der Waals surface area contributed by atoms with Crippen molar-refractivity contribution in [1.82, 2.24) is 4.98 Å². The summed E-state index contributed by atoms with van der Waals surface area (Å²) in [6.45, 7) is 0. The topological polar surface area (TPSA) is 15.8 Å². The van der Waals surface area contributed by atoms with E-state index in [4.69, 9.17) is 12.2 Å². The van der Waals surface area contributed by atoms with Crippen molar-refractivity contribution in [1.29, 1.82) is 0 Å². The monoisotopic (exact) mass is 283 g/mol. The van der Waals surface area contributed by atoms with Crippen molar-refractivity contribution in [3.8, 4) is 11.3 Å². The van der Waals surface area contributed by atoms with E-state index in [1.807, 2.05) is 18.2 Å². The van der Waals surface area contributed by atoms with E-state index in [1.165, 1.54) is 10.4 Å². The normalized spacial score (nSPS) is 10.5. The number of pyridine rings is 1. The van der Waals surface area contributed by atoms with Crippen molar-refractivity contribution in [3.05, 3.63) is 75.1 Å². The number of thiophene rings is 1. The van der Waals surface area contributed by atoms with Crippen LogP contribution in [0, 0.1) is 4.64 Å². The largest absolute Gasteiger partial charge is 0.346 e. The highest BCUT2D eigenvalue weighted by Crippen LogP contribution is 2.20. The summed E-state index contributed by atoms with van der Waals surface area (Å²) in [6, 6.07) is 18.7. The van der Waals surface area contributed by atoms with Gasteiger partial charge in [0.1, 0.15) is 4.64 Å². The molecular formula is C16H13NS2. The molecule has 0 saturated heterocycles. The highest BCUT2D eigenvalue weighted by molar-refractivity contribution is 7.71. The van der Waals surface area contributed by atoms with Gasteiger partial charge in [-0.05, 0) is 28.6 Å². The quantitative estimate of drug-likeness (QED) is 0.664. The number of hydrogen-bond acceptors (Lipinski definition) is 2. The lowest BCUT2D eigenvalue weighted by Crippen LogP contribution is -1.91. The molecule has 0 amide bonds. The maximum atomic E-state index is 5.46. The Kier molecular flexibility index (Phi) is 3.58. The third kappa shape index (κ3) is 2.83. The summed E-state index contributed by atoms with van der Waals surface area (Å²) in [5.74, 6) is 0. The van der Waals surface area contributed by atoms with Crippen molar-refractivity contribution in [3.63, 3.8) is 0 Å². The fourth-order valence-corrected chi connectivity index (χ4v) is 3.01. The molecule has 3 heteroatoms. The molecule has 1 N–H and O–H groups in total. The average molecular weight is 283 g/mol. The molecule has 0 aliphatic rings. The number of aromatic nitrogens is 1. The summed E-state index contributed by atoms with van der Waals surface area (Å²) in [5.41, 5.74) is 3.41. The molecule has 2 aromatic heterocycles. The van der Waals surface area contributed by atoms with Crippen LogP contribution >= 0.6 is 23.6 Å². The Morgan fingerprint density at radius 3 is 2.47 bits per heavy atom. The van der Waals surface area contributed by atoms with Gasteiger partial charge in [0.25, 0.3) is 0 Å². The van der Waals surface area contributed by atoms with Crippen molar-refractivity contribution in [2.45, 2.75) is 6.42 Å². The lowest BCUT2D eigenvalue weighted by molar-refractivity contribution is 1.16. The molecule has 0 radical (unpaired) electrons. The molecule has 1 nitrogen and oxygen atoms in total. The predicted molar refractivity (Wildman–Crippen MR) is 84.2 cm³/mol. The smallest absolute Gasteiger partial charge is 0.107 e. The van der Waals surface area contributed by atoms with Gasteiger partial charge < -0.3 is 4.98 Å². The van der Waals surface area contributed by atoms with Crippen molar-refractivity contribution in [2.75, 3.05) is 0 Å². The van der Waals surface area contributed by atoms with Gasteiger partial charge in [0.15, 0.2) is 0 Å². The standard InChI is InChI=1S/C16H13NS2/c18-16-13(11-14-7-4-10-19-14)8-9-15(17-16)12-5-2-1-3-6-12/h1-10H,11H2,(H,17,18). The third-order valence-corrected chi connectivity index (χ3v) is 4.26. The molecule has 0 saturated carbocycles. The van der Waals surface area contributed by atoms with Gasteiger partial charge in [0, 0.05) is 17.0 Å². The molecule has 1 aromatic carbocycles. The molecule has 3 rings (SSSR count). The van der Waals surface area contributed by atoms with E-state index in [1.54, 1.807) is 11.3 Å². The maximum absolute atomic E-state index is 5.46.